The molecule has 6 heteroatoms. The SMILES string of the molecule is CNCCN(C)C(=O)C(Cc1cccc(OC)c1)NC(C)=O. The predicted molar refractivity (Wildman–Crippen MR) is 85.9 cm³/mol. The first-order valence-corrected chi connectivity index (χ1v) is 7.27. The molecule has 22 heavy (non-hydrogen) atoms. The Morgan fingerprint density at radius 1 is 1.36 bits per heavy atom. The summed E-state index contributed by atoms with van der Waals surface area (Å²) in [6, 6.07) is 6.92. The van der Waals surface area contributed by atoms with E-state index in [1.807, 2.05) is 31.3 Å². The van der Waals surface area contributed by atoms with Gasteiger partial charge in [-0.05, 0) is 24.7 Å². The number of nitrogens with one attached hydrogen (secondary N) is 2. The van der Waals surface area contributed by atoms with E-state index in [-0.39, 0.29) is 11.8 Å². The Hall–Kier alpha value is -2.08. The summed E-state index contributed by atoms with van der Waals surface area (Å²) in [5.74, 6) is 0.409. The highest BCUT2D eigenvalue weighted by atomic mass is 16.5. The third-order valence-electron chi connectivity index (χ3n) is 3.32. The zero-order valence-electron chi connectivity index (χ0n) is 13.7. The third kappa shape index (κ3) is 5.73. The summed E-state index contributed by atoms with van der Waals surface area (Å²) < 4.78 is 5.19. The molecule has 1 aromatic carbocycles. The number of amides is 2. The van der Waals surface area contributed by atoms with Gasteiger partial charge >= 0.3 is 0 Å². The number of likely N-dealkylation sites (N-methyl/N-ethyl adjacent to an activating group) is 2. The fourth-order valence-electron chi connectivity index (χ4n) is 2.14. The van der Waals surface area contributed by atoms with Crippen molar-refractivity contribution >= 4 is 11.8 Å². The number of carbonyl (C=O) groups is 2. The summed E-state index contributed by atoms with van der Waals surface area (Å²) in [5.41, 5.74) is 0.938. The molecule has 0 saturated carbocycles. The topological polar surface area (TPSA) is 70.7 Å². The monoisotopic (exact) mass is 307 g/mol. The van der Waals surface area contributed by atoms with Crippen molar-refractivity contribution in [3.05, 3.63) is 29.8 Å². The van der Waals surface area contributed by atoms with Crippen LogP contribution in [0.5, 0.6) is 5.75 Å². The van der Waals surface area contributed by atoms with E-state index >= 15 is 0 Å². The maximum atomic E-state index is 12.5. The second-order valence-electron chi connectivity index (χ2n) is 5.17. The highest BCUT2D eigenvalue weighted by molar-refractivity contribution is 5.87. The fourth-order valence-corrected chi connectivity index (χ4v) is 2.14. The first-order valence-electron chi connectivity index (χ1n) is 7.27. The molecule has 0 saturated heterocycles. The largest absolute Gasteiger partial charge is 0.497 e. The number of carbonyl (C=O) groups excluding carboxylic acids is 2. The average molecular weight is 307 g/mol. The van der Waals surface area contributed by atoms with Crippen LogP contribution in [0, 0.1) is 0 Å². The van der Waals surface area contributed by atoms with E-state index in [9.17, 15) is 9.59 Å². The highest BCUT2D eigenvalue weighted by Gasteiger charge is 2.23. The van der Waals surface area contributed by atoms with Crippen LogP contribution in [0.3, 0.4) is 0 Å². The van der Waals surface area contributed by atoms with Gasteiger partial charge in [-0.25, -0.2) is 0 Å². The number of benzene rings is 1. The maximum Gasteiger partial charge on any atom is 0.245 e. The molecule has 1 aromatic rings. The minimum absolute atomic E-state index is 0.103. The van der Waals surface area contributed by atoms with Crippen LogP contribution in [0.2, 0.25) is 0 Å². The molecular formula is C16H25N3O3. The van der Waals surface area contributed by atoms with Crippen molar-refractivity contribution in [2.24, 2.45) is 0 Å². The lowest BCUT2D eigenvalue weighted by Crippen LogP contribution is -2.49. The lowest BCUT2D eigenvalue weighted by Gasteiger charge is -2.24. The van der Waals surface area contributed by atoms with E-state index in [1.165, 1.54) is 6.92 Å². The number of hydrogen-bond acceptors (Lipinski definition) is 4. The molecule has 1 rings (SSSR count). The van der Waals surface area contributed by atoms with Gasteiger partial charge in [0.15, 0.2) is 0 Å². The van der Waals surface area contributed by atoms with E-state index in [0.717, 1.165) is 11.3 Å². The molecule has 0 heterocycles. The first-order chi connectivity index (χ1) is 10.5. The molecule has 0 bridgehead atoms. The van der Waals surface area contributed by atoms with E-state index < -0.39 is 6.04 Å². The van der Waals surface area contributed by atoms with Crippen LogP contribution in [0.1, 0.15) is 12.5 Å². The Bertz CT molecular complexity index is 505. The summed E-state index contributed by atoms with van der Waals surface area (Å²) in [7, 11) is 5.17. The molecule has 0 fully saturated rings. The number of methoxy groups -OCH3 is 1. The van der Waals surface area contributed by atoms with Gasteiger partial charge in [0.25, 0.3) is 0 Å². The van der Waals surface area contributed by atoms with Crippen molar-refractivity contribution in [2.45, 2.75) is 19.4 Å². The van der Waals surface area contributed by atoms with Crippen molar-refractivity contribution in [3.8, 4) is 5.75 Å². The van der Waals surface area contributed by atoms with Gasteiger partial charge in [-0.15, -0.1) is 0 Å². The number of ether oxygens (including phenoxy) is 1. The zero-order valence-corrected chi connectivity index (χ0v) is 13.7. The van der Waals surface area contributed by atoms with Crippen molar-refractivity contribution in [2.75, 3.05) is 34.3 Å². The summed E-state index contributed by atoms with van der Waals surface area (Å²) in [6.45, 7) is 2.71. The van der Waals surface area contributed by atoms with Gasteiger partial charge in [0, 0.05) is 33.5 Å². The number of rotatable bonds is 8. The Labute approximate surface area is 131 Å². The quantitative estimate of drug-likeness (QED) is 0.730. The molecule has 122 valence electrons. The van der Waals surface area contributed by atoms with E-state index in [0.29, 0.717) is 19.5 Å². The van der Waals surface area contributed by atoms with Crippen molar-refractivity contribution < 1.29 is 14.3 Å². The first kappa shape index (κ1) is 18.0. The maximum absolute atomic E-state index is 12.5. The highest BCUT2D eigenvalue weighted by Crippen LogP contribution is 2.14. The molecule has 1 atom stereocenters. The summed E-state index contributed by atoms with van der Waals surface area (Å²) in [5, 5.41) is 5.73. The van der Waals surface area contributed by atoms with Crippen LogP contribution in [0.25, 0.3) is 0 Å². The number of nitrogens with zero attached hydrogens (tertiary/aromatic N) is 1. The number of hydrogen-bond donors (Lipinski definition) is 2. The van der Waals surface area contributed by atoms with Crippen LogP contribution in [0.15, 0.2) is 24.3 Å². The van der Waals surface area contributed by atoms with Crippen LogP contribution in [-0.4, -0.2) is 57.1 Å². The van der Waals surface area contributed by atoms with Gasteiger partial charge in [-0.1, -0.05) is 12.1 Å². The molecule has 2 amide bonds. The van der Waals surface area contributed by atoms with Gasteiger partial charge in [0.1, 0.15) is 11.8 Å². The van der Waals surface area contributed by atoms with Gasteiger partial charge < -0.3 is 20.3 Å². The molecule has 0 spiro atoms. The van der Waals surface area contributed by atoms with Crippen molar-refractivity contribution in [1.82, 2.24) is 15.5 Å². The predicted octanol–water partition coefficient (Wildman–Crippen LogP) is 0.420. The minimum atomic E-state index is -0.577. The van der Waals surface area contributed by atoms with Crippen LogP contribution >= 0.6 is 0 Å². The van der Waals surface area contributed by atoms with Crippen LogP contribution < -0.4 is 15.4 Å². The van der Waals surface area contributed by atoms with Gasteiger partial charge in [-0.3, -0.25) is 9.59 Å². The molecular weight excluding hydrogens is 282 g/mol. The van der Waals surface area contributed by atoms with Crippen molar-refractivity contribution in [1.29, 1.82) is 0 Å². The second-order valence-corrected chi connectivity index (χ2v) is 5.17. The van der Waals surface area contributed by atoms with Crippen LogP contribution in [-0.2, 0) is 16.0 Å². The van der Waals surface area contributed by atoms with E-state index in [2.05, 4.69) is 10.6 Å². The molecule has 0 aromatic heterocycles. The van der Waals surface area contributed by atoms with E-state index in [1.54, 1.807) is 19.1 Å². The van der Waals surface area contributed by atoms with Crippen molar-refractivity contribution in [3.63, 3.8) is 0 Å². The summed E-state index contributed by atoms with van der Waals surface area (Å²) in [6.07, 6.45) is 0.430. The Morgan fingerprint density at radius 3 is 2.68 bits per heavy atom. The smallest absolute Gasteiger partial charge is 0.245 e. The van der Waals surface area contributed by atoms with Gasteiger partial charge in [-0.2, -0.15) is 0 Å². The second kappa shape index (κ2) is 9.04. The molecule has 2 N–H and O–H groups in total. The van der Waals surface area contributed by atoms with Gasteiger partial charge in [0.2, 0.25) is 11.8 Å². The standard InChI is InChI=1S/C16H25N3O3/c1-12(20)18-15(16(21)19(3)9-8-17-2)11-13-6-5-7-14(10-13)22-4/h5-7,10,15,17H,8-9,11H2,1-4H3,(H,18,20). The molecule has 0 aliphatic rings. The molecule has 1 unspecified atom stereocenters. The third-order valence-corrected chi connectivity index (χ3v) is 3.32. The van der Waals surface area contributed by atoms with E-state index in [4.69, 9.17) is 4.74 Å². The van der Waals surface area contributed by atoms with Crippen LogP contribution in [0.4, 0.5) is 0 Å². The lowest BCUT2D eigenvalue weighted by atomic mass is 10.0. The lowest BCUT2D eigenvalue weighted by molar-refractivity contribution is -0.134. The molecule has 0 aliphatic heterocycles. The zero-order chi connectivity index (χ0) is 16.5. The van der Waals surface area contributed by atoms with Gasteiger partial charge in [0.05, 0.1) is 7.11 Å². The minimum Gasteiger partial charge on any atom is -0.497 e. The Morgan fingerprint density at radius 2 is 2.09 bits per heavy atom. The summed E-state index contributed by atoms with van der Waals surface area (Å²) in [4.78, 5) is 25.5. The summed E-state index contributed by atoms with van der Waals surface area (Å²) >= 11 is 0. The molecule has 0 radical (unpaired) electrons. The Balaban J connectivity index is 2.82. The Kier molecular flexibility index (Phi) is 7.39. The molecule has 0 aliphatic carbocycles. The molecule has 6 nitrogen and oxygen atoms in total. The average Bonchev–Trinajstić information content (AvgIpc) is 2.51. The normalized spacial score (nSPS) is 11.6. The fraction of sp³-hybridized carbons (Fsp3) is 0.500.